The van der Waals surface area contributed by atoms with Crippen molar-refractivity contribution in [2.24, 2.45) is 0 Å². The number of carbonyl (C=O) groups excluding carboxylic acids is 1. The van der Waals surface area contributed by atoms with Gasteiger partial charge in [-0.1, -0.05) is 11.6 Å². The van der Waals surface area contributed by atoms with Gasteiger partial charge in [-0.25, -0.2) is 0 Å². The second-order valence-electron chi connectivity index (χ2n) is 5.25. The van der Waals surface area contributed by atoms with Gasteiger partial charge in [-0.05, 0) is 36.4 Å². The van der Waals surface area contributed by atoms with Gasteiger partial charge in [0.05, 0.1) is 29.9 Å². The summed E-state index contributed by atoms with van der Waals surface area (Å²) in [4.78, 5) is 12.3. The number of hydrogen-bond acceptors (Lipinski definition) is 4. The fourth-order valence-electron chi connectivity index (χ4n) is 2.36. The smallest absolute Gasteiger partial charge is 0.255 e. The highest BCUT2D eigenvalue weighted by Crippen LogP contribution is 2.25. The predicted molar refractivity (Wildman–Crippen MR) is 92.7 cm³/mol. The molecule has 3 aromatic rings. The summed E-state index contributed by atoms with van der Waals surface area (Å²) in [5, 5.41) is 17.7. The summed E-state index contributed by atoms with van der Waals surface area (Å²) >= 11 is 5.84. The minimum absolute atomic E-state index is 0.0586. The number of phenolic OH excluding ortho intramolecular Hbond substituents is 1. The third-order valence-electron chi connectivity index (χ3n) is 3.62. The van der Waals surface area contributed by atoms with E-state index in [0.717, 1.165) is 10.9 Å². The largest absolute Gasteiger partial charge is 0.506 e. The van der Waals surface area contributed by atoms with Crippen LogP contribution in [0.5, 0.6) is 5.75 Å². The Kier molecular flexibility index (Phi) is 4.69. The average Bonchev–Trinajstić information content (AvgIpc) is 2.97. The highest BCUT2D eigenvalue weighted by molar-refractivity contribution is 6.32. The number of aromatic hydroxyl groups is 1. The van der Waals surface area contributed by atoms with Gasteiger partial charge in [0.1, 0.15) is 5.75 Å². The number of hydrogen-bond donors (Lipinski definition) is 2. The van der Waals surface area contributed by atoms with Crippen LogP contribution < -0.4 is 5.32 Å². The number of benzene rings is 2. The Bertz CT molecular complexity index is 892. The van der Waals surface area contributed by atoms with E-state index >= 15 is 0 Å². The highest BCUT2D eigenvalue weighted by atomic mass is 35.5. The molecule has 124 valence electrons. The van der Waals surface area contributed by atoms with Gasteiger partial charge in [0.2, 0.25) is 0 Å². The van der Waals surface area contributed by atoms with Crippen LogP contribution in [0.1, 0.15) is 10.4 Å². The van der Waals surface area contributed by atoms with Crippen LogP contribution in [0.2, 0.25) is 5.02 Å². The van der Waals surface area contributed by atoms with Gasteiger partial charge < -0.3 is 15.2 Å². The van der Waals surface area contributed by atoms with Gasteiger partial charge >= 0.3 is 0 Å². The van der Waals surface area contributed by atoms with Crippen molar-refractivity contribution in [2.45, 2.75) is 6.54 Å². The first-order chi connectivity index (χ1) is 11.6. The summed E-state index contributed by atoms with van der Waals surface area (Å²) in [7, 11) is 1.64. The molecule has 0 aliphatic carbocycles. The molecule has 7 heteroatoms. The number of halogens is 1. The number of methoxy groups -OCH3 is 1. The lowest BCUT2D eigenvalue weighted by atomic mass is 10.2. The molecule has 0 aliphatic rings. The first-order valence-corrected chi connectivity index (χ1v) is 7.70. The van der Waals surface area contributed by atoms with Gasteiger partial charge in [0.15, 0.2) is 0 Å². The van der Waals surface area contributed by atoms with Crippen LogP contribution in [0.3, 0.4) is 0 Å². The van der Waals surface area contributed by atoms with E-state index in [0.29, 0.717) is 24.4 Å². The molecule has 2 aromatic carbocycles. The second-order valence-corrected chi connectivity index (χ2v) is 5.66. The Labute approximate surface area is 143 Å². The molecule has 0 saturated carbocycles. The number of ether oxygens (including phenoxy) is 1. The molecule has 0 aliphatic heterocycles. The van der Waals surface area contributed by atoms with Crippen molar-refractivity contribution in [3.63, 3.8) is 0 Å². The highest BCUT2D eigenvalue weighted by Gasteiger charge is 2.10. The van der Waals surface area contributed by atoms with Gasteiger partial charge in [0.25, 0.3) is 5.91 Å². The Balaban J connectivity index is 1.83. The number of nitrogens with zero attached hydrogens (tertiary/aromatic N) is 2. The molecule has 0 fully saturated rings. The monoisotopic (exact) mass is 345 g/mol. The van der Waals surface area contributed by atoms with Crippen LogP contribution in [0, 0.1) is 0 Å². The zero-order valence-electron chi connectivity index (χ0n) is 13.0. The summed E-state index contributed by atoms with van der Waals surface area (Å²) in [6.45, 7) is 1.18. The fourth-order valence-corrected chi connectivity index (χ4v) is 2.54. The van der Waals surface area contributed by atoms with E-state index in [2.05, 4.69) is 10.4 Å². The van der Waals surface area contributed by atoms with Crippen molar-refractivity contribution in [3.05, 3.63) is 53.2 Å². The van der Waals surface area contributed by atoms with E-state index < -0.39 is 0 Å². The molecule has 0 spiro atoms. The maximum atomic E-state index is 12.3. The van der Waals surface area contributed by atoms with E-state index in [1.54, 1.807) is 13.3 Å². The average molecular weight is 346 g/mol. The van der Waals surface area contributed by atoms with E-state index in [-0.39, 0.29) is 16.7 Å². The molecule has 0 atom stereocenters. The number of carbonyl (C=O) groups is 1. The Morgan fingerprint density at radius 3 is 2.92 bits per heavy atom. The standard InChI is InChI=1S/C17H16ClN3O3/c1-24-7-6-21-15-9-13(4-2-12(15)10-19-21)20-17(23)11-3-5-16(22)14(18)8-11/h2-5,8-10,22H,6-7H2,1H3,(H,20,23). The van der Waals surface area contributed by atoms with Gasteiger partial charge in [-0.15, -0.1) is 0 Å². The molecule has 3 rings (SSSR count). The summed E-state index contributed by atoms with van der Waals surface area (Å²) in [5.74, 6) is -0.365. The number of phenols is 1. The molecule has 1 aromatic heterocycles. The number of aromatic nitrogens is 2. The van der Waals surface area contributed by atoms with Crippen LogP contribution >= 0.6 is 11.6 Å². The fraction of sp³-hybridized carbons (Fsp3) is 0.176. The number of amides is 1. The van der Waals surface area contributed by atoms with Gasteiger partial charge in [0, 0.05) is 23.7 Å². The molecule has 0 unspecified atom stereocenters. The zero-order chi connectivity index (χ0) is 17.1. The SMILES string of the molecule is COCCn1ncc2ccc(NC(=O)c3ccc(O)c(Cl)c3)cc21. The predicted octanol–water partition coefficient (Wildman–Crippen LogP) is 3.29. The number of anilines is 1. The van der Waals surface area contributed by atoms with E-state index in [1.165, 1.54) is 18.2 Å². The second kappa shape index (κ2) is 6.90. The van der Waals surface area contributed by atoms with Gasteiger partial charge in [-0.2, -0.15) is 5.10 Å². The lowest BCUT2D eigenvalue weighted by Crippen LogP contribution is -2.12. The minimum Gasteiger partial charge on any atom is -0.506 e. The lowest BCUT2D eigenvalue weighted by Gasteiger charge is -2.08. The summed E-state index contributed by atoms with van der Waals surface area (Å²) < 4.78 is 6.90. The van der Waals surface area contributed by atoms with Crippen molar-refractivity contribution in [1.82, 2.24) is 9.78 Å². The number of rotatable bonds is 5. The van der Waals surface area contributed by atoms with E-state index in [1.807, 2.05) is 22.9 Å². The lowest BCUT2D eigenvalue weighted by molar-refractivity contribution is 0.102. The minimum atomic E-state index is -0.306. The molecule has 24 heavy (non-hydrogen) atoms. The van der Waals surface area contributed by atoms with Crippen LogP contribution in [-0.2, 0) is 11.3 Å². The molecule has 1 amide bonds. The quantitative estimate of drug-likeness (QED) is 0.744. The third-order valence-corrected chi connectivity index (χ3v) is 3.92. The summed E-state index contributed by atoms with van der Waals surface area (Å²) in [6, 6.07) is 9.89. The molecule has 0 saturated heterocycles. The topological polar surface area (TPSA) is 76.4 Å². The molecule has 2 N–H and O–H groups in total. The first-order valence-electron chi connectivity index (χ1n) is 7.33. The summed E-state index contributed by atoms with van der Waals surface area (Å²) in [6.07, 6.45) is 1.77. The van der Waals surface area contributed by atoms with Crippen LogP contribution in [0.15, 0.2) is 42.6 Å². The van der Waals surface area contributed by atoms with Crippen molar-refractivity contribution >= 4 is 34.1 Å². The summed E-state index contributed by atoms with van der Waals surface area (Å²) in [5.41, 5.74) is 1.93. The first kappa shape index (κ1) is 16.3. The Morgan fingerprint density at radius 1 is 1.33 bits per heavy atom. The maximum Gasteiger partial charge on any atom is 0.255 e. The van der Waals surface area contributed by atoms with Crippen LogP contribution in [-0.4, -0.2) is 34.5 Å². The molecule has 1 heterocycles. The number of fused-ring (bicyclic) bond motifs is 1. The zero-order valence-corrected chi connectivity index (χ0v) is 13.7. The van der Waals surface area contributed by atoms with Crippen molar-refractivity contribution in [3.8, 4) is 5.75 Å². The van der Waals surface area contributed by atoms with E-state index in [9.17, 15) is 9.90 Å². The van der Waals surface area contributed by atoms with Crippen molar-refractivity contribution in [2.75, 3.05) is 19.0 Å². The van der Waals surface area contributed by atoms with E-state index in [4.69, 9.17) is 16.3 Å². The van der Waals surface area contributed by atoms with Gasteiger partial charge in [-0.3, -0.25) is 9.48 Å². The molecular weight excluding hydrogens is 330 g/mol. The van der Waals surface area contributed by atoms with Crippen LogP contribution in [0.25, 0.3) is 10.9 Å². The Hall–Kier alpha value is -2.57. The maximum absolute atomic E-state index is 12.3. The van der Waals surface area contributed by atoms with Crippen LogP contribution in [0.4, 0.5) is 5.69 Å². The van der Waals surface area contributed by atoms with Crippen molar-refractivity contribution < 1.29 is 14.6 Å². The molecular formula is C17H16ClN3O3. The Morgan fingerprint density at radius 2 is 2.17 bits per heavy atom. The normalized spacial score (nSPS) is 10.9. The molecule has 0 bridgehead atoms. The molecule has 6 nitrogen and oxygen atoms in total. The molecule has 0 radical (unpaired) electrons. The third kappa shape index (κ3) is 3.34. The number of nitrogens with one attached hydrogen (secondary N) is 1. The van der Waals surface area contributed by atoms with Crippen molar-refractivity contribution in [1.29, 1.82) is 0 Å².